The monoisotopic (exact) mass is 446 g/mol. The second-order valence-corrected chi connectivity index (χ2v) is 7.77. The Morgan fingerprint density at radius 1 is 1.12 bits per heavy atom. The molecule has 0 saturated carbocycles. The van der Waals surface area contributed by atoms with Gasteiger partial charge in [0.05, 0.1) is 11.8 Å². The largest absolute Gasteiger partial charge is 0.373 e. The molecule has 4 rings (SSSR count). The van der Waals surface area contributed by atoms with Gasteiger partial charge in [-0.3, -0.25) is 4.79 Å². The molecular formula is C24H26N6O3. The molecule has 4 aromatic rings. The fourth-order valence-electron chi connectivity index (χ4n) is 3.63. The second kappa shape index (κ2) is 10.0. The van der Waals surface area contributed by atoms with Crippen molar-refractivity contribution in [2.45, 2.75) is 32.2 Å². The third-order valence-corrected chi connectivity index (χ3v) is 5.39. The van der Waals surface area contributed by atoms with Crippen LogP contribution in [-0.4, -0.2) is 31.2 Å². The van der Waals surface area contributed by atoms with Crippen molar-refractivity contribution in [1.82, 2.24) is 19.4 Å². The van der Waals surface area contributed by atoms with E-state index in [9.17, 15) is 14.7 Å². The van der Waals surface area contributed by atoms with Crippen LogP contribution in [0.25, 0.3) is 10.9 Å². The molecule has 2 heterocycles. The summed E-state index contributed by atoms with van der Waals surface area (Å²) in [6.45, 7) is 1.13. The molecule has 0 aliphatic heterocycles. The number of anilines is 1. The molecule has 1 unspecified atom stereocenters. The van der Waals surface area contributed by atoms with Gasteiger partial charge in [0, 0.05) is 31.2 Å². The summed E-state index contributed by atoms with van der Waals surface area (Å²) in [5.41, 5.74) is 8.04. The first-order chi connectivity index (χ1) is 16.0. The van der Waals surface area contributed by atoms with Crippen molar-refractivity contribution in [2.75, 3.05) is 5.32 Å². The fraction of sp³-hybridized carbons (Fsp3) is 0.208. The molecule has 2 aromatic carbocycles. The van der Waals surface area contributed by atoms with E-state index in [1.165, 1.54) is 17.1 Å². The Morgan fingerprint density at radius 3 is 2.70 bits per heavy atom. The molecule has 0 radical (unpaired) electrons. The molecule has 9 nitrogen and oxygen atoms in total. The maximum atomic E-state index is 12.3. The first kappa shape index (κ1) is 22.1. The molecule has 33 heavy (non-hydrogen) atoms. The van der Waals surface area contributed by atoms with Crippen LogP contribution in [0.15, 0.2) is 73.3 Å². The zero-order valence-electron chi connectivity index (χ0n) is 18.0. The second-order valence-electron chi connectivity index (χ2n) is 7.77. The van der Waals surface area contributed by atoms with Crippen molar-refractivity contribution in [3.63, 3.8) is 0 Å². The van der Waals surface area contributed by atoms with E-state index in [0.717, 1.165) is 16.5 Å². The number of nitrogens with one attached hydrogen (secondary N) is 2. The molecule has 2 aromatic heterocycles. The number of rotatable bonds is 9. The van der Waals surface area contributed by atoms with Gasteiger partial charge in [0.1, 0.15) is 11.9 Å². The van der Waals surface area contributed by atoms with Crippen molar-refractivity contribution in [3.8, 4) is 0 Å². The molecule has 0 bridgehead atoms. The minimum atomic E-state index is -0.794. The smallest absolute Gasteiger partial charge is 0.319 e. The Labute approximate surface area is 190 Å². The Bertz CT molecular complexity index is 1250. The number of urea groups is 1. The number of hydrogen-bond acceptors (Lipinski definition) is 4. The predicted molar refractivity (Wildman–Crippen MR) is 125 cm³/mol. The molecule has 9 heteroatoms. The number of carbonyl (C=O) groups is 2. The van der Waals surface area contributed by atoms with Crippen LogP contribution in [0.4, 0.5) is 10.5 Å². The van der Waals surface area contributed by atoms with Crippen LogP contribution in [0.3, 0.4) is 0 Å². The summed E-state index contributed by atoms with van der Waals surface area (Å²) in [4.78, 5) is 27.3. The van der Waals surface area contributed by atoms with E-state index in [1.54, 1.807) is 0 Å². The quantitative estimate of drug-likeness (QED) is 0.315. The van der Waals surface area contributed by atoms with Gasteiger partial charge in [0.15, 0.2) is 0 Å². The number of aliphatic hydroxyl groups excluding tert-OH is 1. The van der Waals surface area contributed by atoms with Crippen LogP contribution >= 0.6 is 0 Å². The summed E-state index contributed by atoms with van der Waals surface area (Å²) < 4.78 is 3.56. The van der Waals surface area contributed by atoms with E-state index in [1.807, 2.05) is 60.8 Å². The van der Waals surface area contributed by atoms with E-state index in [4.69, 9.17) is 5.73 Å². The number of nitrogens with two attached hydrogens (primary N) is 1. The van der Waals surface area contributed by atoms with Gasteiger partial charge in [-0.2, -0.15) is 0 Å². The minimum Gasteiger partial charge on any atom is -0.373 e. The average molecular weight is 447 g/mol. The van der Waals surface area contributed by atoms with E-state index in [2.05, 4.69) is 20.2 Å². The van der Waals surface area contributed by atoms with Crippen molar-refractivity contribution >= 4 is 28.5 Å². The molecule has 0 fully saturated rings. The molecule has 3 amide bonds. The van der Waals surface area contributed by atoms with E-state index in [-0.39, 0.29) is 11.7 Å². The maximum absolute atomic E-state index is 12.3. The summed E-state index contributed by atoms with van der Waals surface area (Å²) >= 11 is 0. The topological polar surface area (TPSA) is 127 Å². The Morgan fingerprint density at radius 2 is 1.94 bits per heavy atom. The van der Waals surface area contributed by atoms with Gasteiger partial charge >= 0.3 is 6.03 Å². The molecule has 170 valence electrons. The van der Waals surface area contributed by atoms with Gasteiger partial charge in [0.25, 0.3) is 5.91 Å². The van der Waals surface area contributed by atoms with Gasteiger partial charge < -0.3 is 30.6 Å². The van der Waals surface area contributed by atoms with Gasteiger partial charge in [-0.05, 0) is 42.0 Å². The number of primary amides is 1. The number of benzene rings is 2. The lowest BCUT2D eigenvalue weighted by molar-refractivity contribution is 0.0905. The van der Waals surface area contributed by atoms with Crippen LogP contribution in [0.2, 0.25) is 0 Å². The molecule has 0 aliphatic carbocycles. The van der Waals surface area contributed by atoms with Crippen molar-refractivity contribution in [1.29, 1.82) is 0 Å². The van der Waals surface area contributed by atoms with Crippen LogP contribution in [-0.2, 0) is 13.1 Å². The zero-order valence-corrected chi connectivity index (χ0v) is 18.0. The van der Waals surface area contributed by atoms with Crippen LogP contribution < -0.4 is 16.4 Å². The van der Waals surface area contributed by atoms with Crippen molar-refractivity contribution in [3.05, 3.63) is 84.6 Å². The number of aryl methyl sites for hydroxylation is 1. The molecule has 0 spiro atoms. The molecule has 1 atom stereocenters. The van der Waals surface area contributed by atoms with Gasteiger partial charge in [-0.1, -0.05) is 36.4 Å². The summed E-state index contributed by atoms with van der Waals surface area (Å²) in [6, 6.07) is 17.2. The molecular weight excluding hydrogens is 420 g/mol. The van der Waals surface area contributed by atoms with Gasteiger partial charge in [-0.25, -0.2) is 9.78 Å². The summed E-state index contributed by atoms with van der Waals surface area (Å²) in [5, 5.41) is 17.1. The highest BCUT2D eigenvalue weighted by Crippen LogP contribution is 2.22. The standard InChI is InChI=1S/C24H26N6O3/c25-23(32)20-15-30(16-27-20)22(31)7-4-11-29-12-10-18-8-9-19(13-21(18)29)28-24(33)26-14-17-5-2-1-3-6-17/h1-3,5-6,8-10,12-13,15-16,22,31H,4,7,11,14H2,(H2,25,32)(H2,26,28,33). The van der Waals surface area contributed by atoms with Crippen molar-refractivity contribution in [2.24, 2.45) is 5.73 Å². The van der Waals surface area contributed by atoms with Crippen molar-refractivity contribution < 1.29 is 14.7 Å². The normalized spacial score (nSPS) is 11.9. The lowest BCUT2D eigenvalue weighted by atomic mass is 10.2. The van der Waals surface area contributed by atoms with Crippen LogP contribution in [0, 0.1) is 0 Å². The number of hydrogen-bond donors (Lipinski definition) is 4. The Kier molecular flexibility index (Phi) is 6.70. The maximum Gasteiger partial charge on any atom is 0.319 e. The van der Waals surface area contributed by atoms with E-state index < -0.39 is 12.1 Å². The van der Waals surface area contributed by atoms with E-state index >= 15 is 0 Å². The summed E-state index contributed by atoms with van der Waals surface area (Å²) in [6.07, 6.45) is 5.21. The average Bonchev–Trinajstić information content (AvgIpc) is 3.46. The lowest BCUT2D eigenvalue weighted by Crippen LogP contribution is -2.28. The summed E-state index contributed by atoms with van der Waals surface area (Å²) in [7, 11) is 0. The minimum absolute atomic E-state index is 0.123. The molecule has 5 N–H and O–H groups in total. The number of carbonyl (C=O) groups excluding carboxylic acids is 2. The Hall–Kier alpha value is -4.11. The first-order valence-electron chi connectivity index (χ1n) is 10.7. The van der Waals surface area contributed by atoms with E-state index in [0.29, 0.717) is 31.6 Å². The number of amides is 3. The molecule has 0 aliphatic rings. The summed E-state index contributed by atoms with van der Waals surface area (Å²) in [5.74, 6) is -0.627. The molecule has 0 saturated heterocycles. The lowest BCUT2D eigenvalue weighted by Gasteiger charge is -2.13. The number of fused-ring (bicyclic) bond motifs is 1. The Balaban J connectivity index is 1.33. The SMILES string of the molecule is NC(=O)c1cn(C(O)CCCn2ccc3ccc(NC(=O)NCc4ccccc4)cc32)cn1. The first-order valence-corrected chi connectivity index (χ1v) is 10.7. The third kappa shape index (κ3) is 5.58. The van der Waals surface area contributed by atoms with Crippen LogP contribution in [0.1, 0.15) is 35.1 Å². The van der Waals surface area contributed by atoms with Gasteiger partial charge in [0.2, 0.25) is 0 Å². The fourth-order valence-corrected chi connectivity index (χ4v) is 3.63. The third-order valence-electron chi connectivity index (χ3n) is 5.39. The van der Waals surface area contributed by atoms with Gasteiger partial charge in [-0.15, -0.1) is 0 Å². The zero-order chi connectivity index (χ0) is 23.2. The highest BCUT2D eigenvalue weighted by Gasteiger charge is 2.11. The highest BCUT2D eigenvalue weighted by atomic mass is 16.3. The highest BCUT2D eigenvalue weighted by molar-refractivity contribution is 5.93. The number of imidazole rings is 1. The van der Waals surface area contributed by atoms with Crippen LogP contribution in [0.5, 0.6) is 0 Å². The number of aromatic nitrogens is 3. The number of aliphatic hydroxyl groups is 1. The number of nitrogens with zero attached hydrogens (tertiary/aromatic N) is 3. The predicted octanol–water partition coefficient (Wildman–Crippen LogP) is 3.23.